The van der Waals surface area contributed by atoms with Crippen LogP contribution in [0.3, 0.4) is 0 Å². The predicted molar refractivity (Wildman–Crippen MR) is 121 cm³/mol. The number of H-pyrrole nitrogens is 2. The zero-order chi connectivity index (χ0) is 19.2. The smallest absolute Gasteiger partial charge is 0.0651 e. The average molecular weight is 396 g/mol. The Bertz CT molecular complexity index is 1360. The maximum absolute atomic E-state index is 4.09. The summed E-state index contributed by atoms with van der Waals surface area (Å²) in [6, 6.07) is 18.8. The average Bonchev–Trinajstić information content (AvgIpc) is 3.49. The Hall–Kier alpha value is -3.84. The van der Waals surface area contributed by atoms with Crippen molar-refractivity contribution < 1.29 is 0 Å². The number of nitrogens with one attached hydrogen (secondary N) is 4. The summed E-state index contributed by atoms with van der Waals surface area (Å²) < 4.78 is 1.21. The fraction of sp³-hybridized carbons (Fsp3) is 0. The van der Waals surface area contributed by atoms with E-state index in [2.05, 4.69) is 78.9 Å². The van der Waals surface area contributed by atoms with Gasteiger partial charge in [-0.2, -0.15) is 10.2 Å². The van der Waals surface area contributed by atoms with Crippen LogP contribution in [0.4, 0.5) is 22.7 Å². The van der Waals surface area contributed by atoms with Gasteiger partial charge in [0, 0.05) is 33.2 Å². The van der Waals surface area contributed by atoms with E-state index < -0.39 is 0 Å². The van der Waals surface area contributed by atoms with Gasteiger partial charge in [0.1, 0.15) is 0 Å². The molecule has 0 amide bonds. The van der Waals surface area contributed by atoms with E-state index in [1.54, 1.807) is 11.3 Å². The number of hydrogen-bond donors (Lipinski definition) is 4. The van der Waals surface area contributed by atoms with Crippen molar-refractivity contribution in [1.82, 2.24) is 20.4 Å². The van der Waals surface area contributed by atoms with Crippen molar-refractivity contribution in [3.63, 3.8) is 0 Å². The summed E-state index contributed by atoms with van der Waals surface area (Å²) in [6.45, 7) is 0. The van der Waals surface area contributed by atoms with E-state index in [1.165, 1.54) is 10.1 Å². The number of rotatable bonds is 4. The molecule has 0 fully saturated rings. The van der Waals surface area contributed by atoms with Crippen LogP contribution in [0.5, 0.6) is 0 Å². The third-order valence-corrected chi connectivity index (χ3v) is 6.00. The molecule has 0 aliphatic rings. The van der Waals surface area contributed by atoms with E-state index in [0.29, 0.717) is 0 Å². The van der Waals surface area contributed by atoms with Crippen molar-refractivity contribution in [3.05, 3.63) is 72.4 Å². The molecule has 0 spiro atoms. The molecule has 0 atom stereocenters. The standard InChI is InChI=1S/C22H16N6S/c1-3-18-13(11-23-27-18)9-15(1)25-20-5-6-21(22-17(20)7-8-29-22)26-16-2-4-19-14(10-16)12-24-28-19/h1-12,25-26H,(H,23,27)(H,24,28). The molecule has 0 saturated heterocycles. The largest absolute Gasteiger partial charge is 0.355 e. The first kappa shape index (κ1) is 16.1. The number of hydrogen-bond acceptors (Lipinski definition) is 5. The Morgan fingerprint density at radius 3 is 2.00 bits per heavy atom. The van der Waals surface area contributed by atoms with Gasteiger partial charge in [-0.3, -0.25) is 10.2 Å². The van der Waals surface area contributed by atoms with Crippen LogP contribution in [0.15, 0.2) is 72.4 Å². The number of benzene rings is 3. The van der Waals surface area contributed by atoms with Crippen LogP contribution in [0.1, 0.15) is 0 Å². The summed E-state index contributed by atoms with van der Waals surface area (Å²) in [5.41, 5.74) is 6.32. The van der Waals surface area contributed by atoms with E-state index in [4.69, 9.17) is 0 Å². The fourth-order valence-corrected chi connectivity index (χ4v) is 4.51. The molecule has 6 aromatic rings. The molecule has 140 valence electrons. The second-order valence-electron chi connectivity index (χ2n) is 6.92. The molecule has 3 heterocycles. The van der Waals surface area contributed by atoms with Crippen molar-refractivity contribution in [2.75, 3.05) is 10.6 Å². The van der Waals surface area contributed by atoms with E-state index in [1.807, 2.05) is 24.5 Å². The monoisotopic (exact) mass is 396 g/mol. The van der Waals surface area contributed by atoms with Gasteiger partial charge in [0.05, 0.1) is 33.8 Å². The van der Waals surface area contributed by atoms with Gasteiger partial charge in [0.15, 0.2) is 0 Å². The summed E-state index contributed by atoms with van der Waals surface area (Å²) >= 11 is 1.73. The molecule has 0 unspecified atom stereocenters. The predicted octanol–water partition coefficient (Wildman–Crippen LogP) is 6.14. The summed E-state index contributed by atoms with van der Waals surface area (Å²) in [4.78, 5) is 0. The lowest BCUT2D eigenvalue weighted by atomic mass is 10.1. The van der Waals surface area contributed by atoms with Crippen LogP contribution >= 0.6 is 11.3 Å². The van der Waals surface area contributed by atoms with Crippen LogP contribution in [0, 0.1) is 0 Å². The quantitative estimate of drug-likeness (QED) is 0.288. The minimum Gasteiger partial charge on any atom is -0.355 e. The molecule has 29 heavy (non-hydrogen) atoms. The Morgan fingerprint density at radius 1 is 0.690 bits per heavy atom. The highest BCUT2D eigenvalue weighted by atomic mass is 32.1. The number of anilines is 4. The van der Waals surface area contributed by atoms with E-state index in [-0.39, 0.29) is 0 Å². The zero-order valence-electron chi connectivity index (χ0n) is 15.2. The van der Waals surface area contributed by atoms with Gasteiger partial charge in [0.25, 0.3) is 0 Å². The zero-order valence-corrected chi connectivity index (χ0v) is 16.0. The Kier molecular flexibility index (Phi) is 3.54. The first-order chi connectivity index (χ1) is 14.3. The van der Waals surface area contributed by atoms with Gasteiger partial charge >= 0.3 is 0 Å². The molecular formula is C22H16N6S. The number of aromatic amines is 2. The Labute approximate surface area is 169 Å². The summed E-state index contributed by atoms with van der Waals surface area (Å²) in [7, 11) is 0. The van der Waals surface area contributed by atoms with Gasteiger partial charge in [0.2, 0.25) is 0 Å². The molecule has 3 aromatic heterocycles. The third kappa shape index (κ3) is 2.79. The molecule has 7 heteroatoms. The minimum absolute atomic E-state index is 1.03. The van der Waals surface area contributed by atoms with Gasteiger partial charge < -0.3 is 10.6 Å². The molecule has 0 bridgehead atoms. The first-order valence-electron chi connectivity index (χ1n) is 9.24. The molecule has 6 nitrogen and oxygen atoms in total. The molecule has 3 aromatic carbocycles. The lowest BCUT2D eigenvalue weighted by Gasteiger charge is -2.12. The molecule has 0 radical (unpaired) electrons. The van der Waals surface area contributed by atoms with Crippen molar-refractivity contribution in [2.24, 2.45) is 0 Å². The molecule has 4 N–H and O–H groups in total. The highest BCUT2D eigenvalue weighted by Gasteiger charge is 2.09. The van der Waals surface area contributed by atoms with E-state index >= 15 is 0 Å². The summed E-state index contributed by atoms with van der Waals surface area (Å²) in [6.07, 6.45) is 3.68. The van der Waals surface area contributed by atoms with Crippen molar-refractivity contribution in [1.29, 1.82) is 0 Å². The molecule has 0 saturated carbocycles. The number of nitrogens with zero attached hydrogens (tertiary/aromatic N) is 2. The number of thiophene rings is 1. The maximum Gasteiger partial charge on any atom is 0.0651 e. The topological polar surface area (TPSA) is 81.4 Å². The van der Waals surface area contributed by atoms with Crippen LogP contribution in [-0.4, -0.2) is 20.4 Å². The van der Waals surface area contributed by atoms with Crippen molar-refractivity contribution in [2.45, 2.75) is 0 Å². The second-order valence-corrected chi connectivity index (χ2v) is 7.83. The first-order valence-corrected chi connectivity index (χ1v) is 10.1. The lowest BCUT2D eigenvalue weighted by molar-refractivity contribution is 1.12. The van der Waals surface area contributed by atoms with E-state index in [0.717, 1.165) is 44.6 Å². The van der Waals surface area contributed by atoms with Crippen LogP contribution in [-0.2, 0) is 0 Å². The second kappa shape index (κ2) is 6.35. The molecule has 6 rings (SSSR count). The summed E-state index contributed by atoms with van der Waals surface area (Å²) in [5, 5.41) is 26.8. The van der Waals surface area contributed by atoms with Crippen LogP contribution in [0.2, 0.25) is 0 Å². The van der Waals surface area contributed by atoms with Gasteiger partial charge in [-0.15, -0.1) is 11.3 Å². The molecule has 0 aliphatic heterocycles. The van der Waals surface area contributed by atoms with Gasteiger partial charge in [-0.05, 0) is 60.0 Å². The van der Waals surface area contributed by atoms with Gasteiger partial charge in [-0.1, -0.05) is 0 Å². The molecular weight excluding hydrogens is 380 g/mol. The third-order valence-electron chi connectivity index (χ3n) is 5.06. The number of aromatic nitrogens is 4. The highest BCUT2D eigenvalue weighted by Crippen LogP contribution is 2.37. The van der Waals surface area contributed by atoms with Crippen LogP contribution in [0.25, 0.3) is 31.9 Å². The Morgan fingerprint density at radius 2 is 1.31 bits per heavy atom. The highest BCUT2D eigenvalue weighted by molar-refractivity contribution is 7.18. The fourth-order valence-electron chi connectivity index (χ4n) is 3.62. The van der Waals surface area contributed by atoms with Crippen LogP contribution < -0.4 is 10.6 Å². The van der Waals surface area contributed by atoms with E-state index in [9.17, 15) is 0 Å². The normalized spacial score (nSPS) is 11.4. The number of fused-ring (bicyclic) bond motifs is 3. The SMILES string of the molecule is c1cc2c(Nc3ccc4[nH]ncc4c3)ccc(Nc3ccc4[nH]ncc4c3)c2s1. The van der Waals surface area contributed by atoms with Crippen molar-refractivity contribution in [3.8, 4) is 0 Å². The van der Waals surface area contributed by atoms with Crippen molar-refractivity contribution >= 4 is 66.0 Å². The summed E-state index contributed by atoms with van der Waals surface area (Å²) in [5.74, 6) is 0. The maximum atomic E-state index is 4.09. The minimum atomic E-state index is 1.03. The molecule has 0 aliphatic carbocycles. The lowest BCUT2D eigenvalue weighted by Crippen LogP contribution is -1.94. The van der Waals surface area contributed by atoms with Gasteiger partial charge in [-0.25, -0.2) is 0 Å². The Balaban J connectivity index is 1.35.